The van der Waals surface area contributed by atoms with Gasteiger partial charge in [0, 0.05) is 81.4 Å². The van der Waals surface area contributed by atoms with Crippen LogP contribution in [-0.4, -0.2) is 76.8 Å². The van der Waals surface area contributed by atoms with Crippen molar-refractivity contribution in [1.82, 2.24) is 29.7 Å². The van der Waals surface area contributed by atoms with Gasteiger partial charge in [-0.05, 0) is 48.4 Å². The highest BCUT2D eigenvalue weighted by molar-refractivity contribution is 5.79. The summed E-state index contributed by atoms with van der Waals surface area (Å²) in [6.45, 7) is 9.90. The molecule has 4 heterocycles. The van der Waals surface area contributed by atoms with E-state index in [1.165, 1.54) is 23.3 Å². The van der Waals surface area contributed by atoms with Crippen LogP contribution >= 0.6 is 0 Å². The number of ether oxygens (including phenoxy) is 1. The molecule has 0 amide bonds. The largest absolute Gasteiger partial charge is 0.379 e. The van der Waals surface area contributed by atoms with Crippen molar-refractivity contribution in [3.63, 3.8) is 0 Å². The zero-order chi connectivity index (χ0) is 26.8. The van der Waals surface area contributed by atoms with Crippen LogP contribution in [0.4, 0.5) is 20.4 Å². The van der Waals surface area contributed by atoms with Crippen molar-refractivity contribution in [2.45, 2.75) is 20.0 Å². The van der Waals surface area contributed by atoms with Gasteiger partial charge in [0.15, 0.2) is 0 Å². The molecule has 0 spiro atoms. The molecule has 6 rings (SSSR count). The van der Waals surface area contributed by atoms with Crippen LogP contribution in [0.25, 0.3) is 16.7 Å². The first kappa shape index (κ1) is 25.8. The highest BCUT2D eigenvalue weighted by atomic mass is 19.1. The number of nitrogens with one attached hydrogen (secondary N) is 2. The maximum Gasteiger partial charge on any atom is 0.229 e. The summed E-state index contributed by atoms with van der Waals surface area (Å²) in [6, 6.07) is 10.9. The molecule has 0 atom stereocenters. The van der Waals surface area contributed by atoms with Crippen molar-refractivity contribution in [3.05, 3.63) is 77.1 Å². The van der Waals surface area contributed by atoms with Gasteiger partial charge in [-0.3, -0.25) is 9.80 Å². The Morgan fingerprint density at radius 3 is 2.44 bits per heavy atom. The number of anilines is 2. The number of hydrogen-bond donors (Lipinski definition) is 2. The minimum absolute atomic E-state index is 0.0739. The number of halogens is 2. The number of morpholine rings is 1. The van der Waals surface area contributed by atoms with Gasteiger partial charge in [-0.25, -0.2) is 13.8 Å². The number of fused-ring (bicyclic) bond motifs is 1. The minimum Gasteiger partial charge on any atom is -0.379 e. The van der Waals surface area contributed by atoms with E-state index in [2.05, 4.69) is 44.6 Å². The van der Waals surface area contributed by atoms with Crippen molar-refractivity contribution in [2.75, 3.05) is 57.8 Å². The van der Waals surface area contributed by atoms with Crippen LogP contribution in [-0.2, 0) is 17.8 Å². The summed E-state index contributed by atoms with van der Waals surface area (Å²) in [5.41, 5.74) is 4.41. The zero-order valence-corrected chi connectivity index (χ0v) is 22.1. The van der Waals surface area contributed by atoms with E-state index in [1.54, 1.807) is 17.0 Å². The van der Waals surface area contributed by atoms with E-state index in [9.17, 15) is 0 Å². The van der Waals surface area contributed by atoms with Gasteiger partial charge < -0.3 is 19.9 Å². The molecule has 2 aromatic carbocycles. The quantitative estimate of drug-likeness (QED) is 0.372. The molecular weight excluding hydrogens is 500 g/mol. The third-order valence-electron chi connectivity index (χ3n) is 7.52. The fraction of sp³-hybridized carbons (Fsp3) is 0.379. The van der Waals surface area contributed by atoms with Gasteiger partial charge in [-0.1, -0.05) is 6.07 Å². The molecule has 0 saturated carbocycles. The Labute approximate surface area is 226 Å². The molecule has 2 aromatic heterocycles. The van der Waals surface area contributed by atoms with Crippen LogP contribution in [0.1, 0.15) is 16.7 Å². The van der Waals surface area contributed by atoms with Crippen molar-refractivity contribution in [1.29, 1.82) is 0 Å². The van der Waals surface area contributed by atoms with Crippen LogP contribution in [0.2, 0.25) is 0 Å². The predicted octanol–water partition coefficient (Wildman–Crippen LogP) is 3.99. The first-order chi connectivity index (χ1) is 19.0. The topological polar surface area (TPSA) is 70.5 Å². The van der Waals surface area contributed by atoms with Crippen molar-refractivity contribution in [2.24, 2.45) is 0 Å². The summed E-state index contributed by atoms with van der Waals surface area (Å²) in [4.78, 5) is 13.6. The van der Waals surface area contributed by atoms with Gasteiger partial charge in [0.1, 0.15) is 17.3 Å². The normalized spacial score (nSPS) is 17.1. The van der Waals surface area contributed by atoms with Crippen LogP contribution in [0.3, 0.4) is 0 Å². The van der Waals surface area contributed by atoms with Gasteiger partial charge in [0.2, 0.25) is 5.95 Å². The molecule has 10 heteroatoms. The number of piperazine rings is 1. The van der Waals surface area contributed by atoms with Crippen LogP contribution < -0.4 is 10.6 Å². The standard InChI is InChI=1S/C29H33F2N7O/c1-20-14-23(3-2-22(20)18-36-8-5-32-6-9-36)34-29-33-17-21-4-7-38(28(21)35-29)24-15-26(30)25(27(31)16-24)19-37-10-12-39-13-11-37/h2-4,7,14-17,32H,5-6,8-13,18-19H2,1H3,(H,33,34,35). The van der Waals surface area contributed by atoms with Crippen LogP contribution in [0.5, 0.6) is 0 Å². The summed E-state index contributed by atoms with van der Waals surface area (Å²) in [6.07, 6.45) is 3.47. The Kier molecular flexibility index (Phi) is 7.51. The van der Waals surface area contributed by atoms with Gasteiger partial charge in [-0.15, -0.1) is 0 Å². The molecule has 0 unspecified atom stereocenters. The molecule has 0 aliphatic carbocycles. The lowest BCUT2D eigenvalue weighted by Gasteiger charge is -2.27. The highest BCUT2D eigenvalue weighted by Gasteiger charge is 2.19. The molecule has 2 saturated heterocycles. The Hall–Kier alpha value is -3.44. The minimum atomic E-state index is -0.567. The molecule has 2 aliphatic rings. The van der Waals surface area contributed by atoms with Gasteiger partial charge in [0.05, 0.1) is 18.9 Å². The molecule has 2 fully saturated rings. The van der Waals surface area contributed by atoms with Crippen molar-refractivity contribution >= 4 is 22.7 Å². The second-order valence-corrected chi connectivity index (χ2v) is 10.2. The third kappa shape index (κ3) is 5.79. The fourth-order valence-electron chi connectivity index (χ4n) is 5.24. The van der Waals surface area contributed by atoms with Crippen molar-refractivity contribution < 1.29 is 13.5 Å². The fourth-order valence-corrected chi connectivity index (χ4v) is 5.24. The zero-order valence-electron chi connectivity index (χ0n) is 22.1. The number of benzene rings is 2. The van der Waals surface area contributed by atoms with Gasteiger partial charge in [0.25, 0.3) is 0 Å². The summed E-state index contributed by atoms with van der Waals surface area (Å²) < 4.78 is 37.2. The van der Waals surface area contributed by atoms with E-state index in [0.717, 1.165) is 43.8 Å². The van der Waals surface area contributed by atoms with Gasteiger partial charge in [-0.2, -0.15) is 4.98 Å². The lowest BCUT2D eigenvalue weighted by atomic mass is 10.1. The average Bonchev–Trinajstić information content (AvgIpc) is 3.37. The monoisotopic (exact) mass is 533 g/mol. The molecule has 4 aromatic rings. The average molecular weight is 534 g/mol. The Morgan fingerprint density at radius 1 is 0.949 bits per heavy atom. The number of aryl methyl sites for hydroxylation is 1. The van der Waals surface area contributed by atoms with Crippen LogP contribution in [0.15, 0.2) is 48.8 Å². The van der Waals surface area contributed by atoms with E-state index < -0.39 is 11.6 Å². The SMILES string of the molecule is Cc1cc(Nc2ncc3ccn(-c4cc(F)c(CN5CCOCC5)c(F)c4)c3n2)ccc1CN1CCNCC1. The Bertz CT molecular complexity index is 1440. The van der Waals surface area contributed by atoms with E-state index in [1.807, 2.05) is 17.0 Å². The number of aromatic nitrogens is 3. The predicted molar refractivity (Wildman–Crippen MR) is 147 cm³/mol. The highest BCUT2D eigenvalue weighted by Crippen LogP contribution is 2.26. The number of rotatable bonds is 7. The number of nitrogens with zero attached hydrogens (tertiary/aromatic N) is 5. The van der Waals surface area contributed by atoms with Crippen LogP contribution in [0, 0.1) is 18.6 Å². The van der Waals surface area contributed by atoms with E-state index >= 15 is 8.78 Å². The molecule has 0 bridgehead atoms. The second-order valence-electron chi connectivity index (χ2n) is 10.2. The summed E-state index contributed by atoms with van der Waals surface area (Å²) >= 11 is 0. The molecule has 8 nitrogen and oxygen atoms in total. The lowest BCUT2D eigenvalue weighted by molar-refractivity contribution is 0.0332. The Balaban J connectivity index is 1.21. The second kappa shape index (κ2) is 11.4. The first-order valence-electron chi connectivity index (χ1n) is 13.5. The third-order valence-corrected chi connectivity index (χ3v) is 7.52. The summed E-state index contributed by atoms with van der Waals surface area (Å²) in [5.74, 6) is -0.717. The maximum absolute atomic E-state index is 15.1. The summed E-state index contributed by atoms with van der Waals surface area (Å²) in [5, 5.41) is 7.46. The van der Waals surface area contributed by atoms with E-state index in [4.69, 9.17) is 4.74 Å². The molecule has 2 N–H and O–H groups in total. The molecule has 204 valence electrons. The van der Waals surface area contributed by atoms with E-state index in [-0.39, 0.29) is 12.1 Å². The first-order valence-corrected chi connectivity index (χ1v) is 13.5. The molecular formula is C29H33F2N7O. The molecule has 39 heavy (non-hydrogen) atoms. The smallest absolute Gasteiger partial charge is 0.229 e. The molecule has 2 aliphatic heterocycles. The Morgan fingerprint density at radius 2 is 1.69 bits per heavy atom. The molecule has 0 radical (unpaired) electrons. The van der Waals surface area contributed by atoms with Gasteiger partial charge >= 0.3 is 0 Å². The van der Waals surface area contributed by atoms with E-state index in [0.29, 0.717) is 43.6 Å². The number of hydrogen-bond acceptors (Lipinski definition) is 7. The maximum atomic E-state index is 15.1. The summed E-state index contributed by atoms with van der Waals surface area (Å²) in [7, 11) is 0. The lowest BCUT2D eigenvalue weighted by Crippen LogP contribution is -2.42. The van der Waals surface area contributed by atoms with Crippen molar-refractivity contribution in [3.8, 4) is 5.69 Å².